The first-order valence-electron chi connectivity index (χ1n) is 9.98. The zero-order valence-corrected chi connectivity index (χ0v) is 20.0. The summed E-state index contributed by atoms with van der Waals surface area (Å²) in [6.45, 7) is 8.75. The van der Waals surface area contributed by atoms with Crippen molar-refractivity contribution in [3.63, 3.8) is 0 Å². The molecule has 1 N–H and O–H groups in total. The number of ether oxygens (including phenoxy) is 1. The normalized spacial score (nSPS) is 17.9. The predicted molar refractivity (Wildman–Crippen MR) is 123 cm³/mol. The highest BCUT2D eigenvalue weighted by molar-refractivity contribution is 9.10. The zero-order valence-electron chi connectivity index (χ0n) is 17.7. The van der Waals surface area contributed by atoms with Crippen LogP contribution in [0.4, 0.5) is 0 Å². The van der Waals surface area contributed by atoms with E-state index in [1.165, 1.54) is 0 Å². The Morgan fingerprint density at radius 3 is 2.47 bits per heavy atom. The number of ketones is 1. The van der Waals surface area contributed by atoms with Gasteiger partial charge in [0.25, 0.3) is 0 Å². The summed E-state index contributed by atoms with van der Waals surface area (Å²) in [4.78, 5) is 12.9. The van der Waals surface area contributed by atoms with Crippen molar-refractivity contribution >= 4 is 33.3 Å². The minimum Gasteiger partial charge on any atom is -0.454 e. The van der Waals surface area contributed by atoms with Crippen molar-refractivity contribution in [1.29, 1.82) is 5.26 Å². The number of piperidine rings is 1. The monoisotopic (exact) mass is 488 g/mol. The highest BCUT2D eigenvalue weighted by Crippen LogP contribution is 2.37. The van der Waals surface area contributed by atoms with Crippen LogP contribution >= 0.6 is 27.5 Å². The Labute approximate surface area is 191 Å². The number of halogens is 2. The maximum atomic E-state index is 12.9. The molecule has 2 aromatic rings. The Morgan fingerprint density at radius 1 is 1.20 bits per heavy atom. The summed E-state index contributed by atoms with van der Waals surface area (Å²) in [5, 5.41) is 13.3. The number of hydrogen-bond donors (Lipinski definition) is 1. The molecule has 0 aromatic heterocycles. The lowest BCUT2D eigenvalue weighted by atomic mass is 9.74. The van der Waals surface area contributed by atoms with E-state index in [0.717, 1.165) is 12.8 Å². The van der Waals surface area contributed by atoms with Gasteiger partial charge in [-0.2, -0.15) is 5.26 Å². The molecule has 0 amide bonds. The van der Waals surface area contributed by atoms with Gasteiger partial charge < -0.3 is 10.1 Å². The van der Waals surface area contributed by atoms with Gasteiger partial charge >= 0.3 is 0 Å². The third-order valence-corrected chi connectivity index (χ3v) is 6.27. The zero-order chi connectivity index (χ0) is 22.1. The smallest absolute Gasteiger partial charge is 0.163 e. The molecule has 0 radical (unpaired) electrons. The van der Waals surface area contributed by atoms with E-state index >= 15 is 0 Å². The summed E-state index contributed by atoms with van der Waals surface area (Å²) in [5.74, 6) is 1.22. The maximum Gasteiger partial charge on any atom is 0.163 e. The lowest BCUT2D eigenvalue weighted by molar-refractivity contribution is 0.0864. The van der Waals surface area contributed by atoms with Crippen molar-refractivity contribution in [3.8, 4) is 17.6 Å². The second kappa shape index (κ2) is 8.70. The van der Waals surface area contributed by atoms with Crippen molar-refractivity contribution in [2.45, 2.75) is 58.0 Å². The van der Waals surface area contributed by atoms with Gasteiger partial charge in [0.2, 0.25) is 0 Å². The van der Waals surface area contributed by atoms with Gasteiger partial charge in [-0.15, -0.1) is 0 Å². The van der Waals surface area contributed by atoms with E-state index in [-0.39, 0.29) is 16.9 Å². The fourth-order valence-electron chi connectivity index (χ4n) is 4.63. The van der Waals surface area contributed by atoms with Crippen LogP contribution in [0.15, 0.2) is 40.9 Å². The van der Waals surface area contributed by atoms with E-state index in [9.17, 15) is 10.1 Å². The number of nitrogens with zero attached hydrogens (tertiary/aromatic N) is 1. The molecule has 0 spiro atoms. The van der Waals surface area contributed by atoms with E-state index in [0.29, 0.717) is 44.5 Å². The molecule has 0 atom stereocenters. The summed E-state index contributed by atoms with van der Waals surface area (Å²) in [6, 6.07) is 12.5. The molecule has 2 aromatic carbocycles. The fraction of sp³-hybridized carbons (Fsp3) is 0.417. The maximum absolute atomic E-state index is 12.9. The number of carbonyl (C=O) groups is 1. The number of hydrogen-bond acceptors (Lipinski definition) is 4. The van der Waals surface area contributed by atoms with Crippen LogP contribution in [0, 0.1) is 17.2 Å². The lowest BCUT2D eigenvalue weighted by Gasteiger charge is -2.46. The minimum atomic E-state index is 0.00441. The van der Waals surface area contributed by atoms with Crippen molar-refractivity contribution in [3.05, 3.63) is 57.0 Å². The number of rotatable bonds is 5. The Hall–Kier alpha value is -1.87. The van der Waals surface area contributed by atoms with Gasteiger partial charge in [-0.1, -0.05) is 17.7 Å². The summed E-state index contributed by atoms with van der Waals surface area (Å²) >= 11 is 9.76. The summed E-state index contributed by atoms with van der Waals surface area (Å²) in [7, 11) is 0. The SMILES string of the molecule is CC1(C)CC(CC(=O)c2ccc(Oc3cccc(Br)c3C#N)c(Cl)c2)CC(C)(C)N1. The molecule has 0 aliphatic carbocycles. The molecule has 3 rings (SSSR count). The Kier molecular flexibility index (Phi) is 6.62. The number of Topliss-reactive ketones (excluding diaryl/α,β-unsaturated/α-hetero) is 1. The summed E-state index contributed by atoms with van der Waals surface area (Å²) in [6.07, 6.45) is 2.41. The van der Waals surface area contributed by atoms with E-state index in [1.54, 1.807) is 36.4 Å². The number of benzene rings is 2. The minimum absolute atomic E-state index is 0.00441. The molecule has 1 heterocycles. The highest BCUT2D eigenvalue weighted by Gasteiger charge is 2.38. The van der Waals surface area contributed by atoms with Crippen LogP contribution in [0.2, 0.25) is 5.02 Å². The van der Waals surface area contributed by atoms with E-state index < -0.39 is 0 Å². The molecule has 1 fully saturated rings. The largest absolute Gasteiger partial charge is 0.454 e. The first-order chi connectivity index (χ1) is 14.0. The second-order valence-electron chi connectivity index (χ2n) is 9.27. The van der Waals surface area contributed by atoms with E-state index in [2.05, 4.69) is 55.0 Å². The molecular formula is C24H26BrClN2O2. The van der Waals surface area contributed by atoms with Crippen LogP contribution in [0.25, 0.3) is 0 Å². The van der Waals surface area contributed by atoms with Crippen molar-refractivity contribution in [2.24, 2.45) is 5.92 Å². The molecule has 1 aliphatic heterocycles. The van der Waals surface area contributed by atoms with Crippen LogP contribution < -0.4 is 10.1 Å². The van der Waals surface area contributed by atoms with Crippen molar-refractivity contribution in [1.82, 2.24) is 5.32 Å². The van der Waals surface area contributed by atoms with Gasteiger partial charge in [-0.05, 0) is 92.7 Å². The quantitative estimate of drug-likeness (QED) is 0.464. The number of nitriles is 1. The van der Waals surface area contributed by atoms with Gasteiger partial charge in [-0.3, -0.25) is 4.79 Å². The van der Waals surface area contributed by atoms with Gasteiger partial charge in [-0.25, -0.2) is 0 Å². The van der Waals surface area contributed by atoms with Crippen LogP contribution in [0.5, 0.6) is 11.5 Å². The molecule has 6 heteroatoms. The Morgan fingerprint density at radius 2 is 1.87 bits per heavy atom. The molecule has 30 heavy (non-hydrogen) atoms. The topological polar surface area (TPSA) is 62.1 Å². The van der Waals surface area contributed by atoms with Crippen LogP contribution in [-0.4, -0.2) is 16.9 Å². The van der Waals surface area contributed by atoms with Crippen molar-refractivity contribution < 1.29 is 9.53 Å². The fourth-order valence-corrected chi connectivity index (χ4v) is 5.29. The molecule has 1 saturated heterocycles. The Balaban J connectivity index is 1.75. The lowest BCUT2D eigenvalue weighted by Crippen LogP contribution is -2.57. The summed E-state index contributed by atoms with van der Waals surface area (Å²) < 4.78 is 6.50. The van der Waals surface area contributed by atoms with E-state index in [1.807, 2.05) is 0 Å². The average Bonchev–Trinajstić information content (AvgIpc) is 2.60. The third kappa shape index (κ3) is 5.43. The highest BCUT2D eigenvalue weighted by atomic mass is 79.9. The molecule has 0 unspecified atom stereocenters. The molecular weight excluding hydrogens is 464 g/mol. The molecule has 1 aliphatic rings. The molecule has 0 bridgehead atoms. The number of carbonyl (C=O) groups excluding carboxylic acids is 1. The predicted octanol–water partition coefficient (Wildman–Crippen LogP) is 6.90. The summed E-state index contributed by atoms with van der Waals surface area (Å²) in [5.41, 5.74) is 0.982. The number of nitrogens with one attached hydrogen (secondary N) is 1. The van der Waals surface area contributed by atoms with Crippen molar-refractivity contribution in [2.75, 3.05) is 0 Å². The molecule has 0 saturated carbocycles. The van der Waals surface area contributed by atoms with Gasteiger partial charge in [0.15, 0.2) is 5.78 Å². The average molecular weight is 490 g/mol. The Bertz CT molecular complexity index is 995. The van der Waals surface area contributed by atoms with Gasteiger partial charge in [0, 0.05) is 27.5 Å². The van der Waals surface area contributed by atoms with E-state index in [4.69, 9.17) is 16.3 Å². The van der Waals surface area contributed by atoms with Crippen LogP contribution in [0.1, 0.15) is 62.9 Å². The second-order valence-corrected chi connectivity index (χ2v) is 10.5. The first kappa shape index (κ1) is 22.8. The standard InChI is InChI=1S/C24H26BrClN2O2/c1-23(2)12-15(13-24(3,4)28-23)10-20(29)16-8-9-22(19(26)11-16)30-21-7-5-6-18(25)17(21)14-27/h5-9,11,15,28H,10,12-13H2,1-4H3. The first-order valence-corrected chi connectivity index (χ1v) is 11.2. The van der Waals surface area contributed by atoms with Gasteiger partial charge in [0.1, 0.15) is 23.1 Å². The molecule has 4 nitrogen and oxygen atoms in total. The van der Waals surface area contributed by atoms with Crippen LogP contribution in [0.3, 0.4) is 0 Å². The van der Waals surface area contributed by atoms with Crippen LogP contribution in [-0.2, 0) is 0 Å². The molecule has 158 valence electrons. The van der Waals surface area contributed by atoms with Gasteiger partial charge in [0.05, 0.1) is 5.02 Å². The third-order valence-electron chi connectivity index (χ3n) is 5.31.